The van der Waals surface area contributed by atoms with Gasteiger partial charge < -0.3 is 14.6 Å². The molecule has 2 aromatic heterocycles. The average molecular weight is 487 g/mol. The van der Waals surface area contributed by atoms with Gasteiger partial charge in [-0.05, 0) is 54.5 Å². The van der Waals surface area contributed by atoms with Crippen molar-refractivity contribution in [2.45, 2.75) is 25.8 Å². The summed E-state index contributed by atoms with van der Waals surface area (Å²) in [7, 11) is 1.63. The number of aromatic nitrogens is 2. The van der Waals surface area contributed by atoms with Crippen molar-refractivity contribution in [3.63, 3.8) is 0 Å². The quantitative estimate of drug-likeness (QED) is 0.334. The van der Waals surface area contributed by atoms with Gasteiger partial charge in [0.05, 0.1) is 23.6 Å². The third kappa shape index (κ3) is 4.83. The maximum Gasteiger partial charge on any atom is 0.322 e. The highest BCUT2D eigenvalue weighted by Crippen LogP contribution is 2.38. The second-order valence-electron chi connectivity index (χ2n) is 8.30. The molecule has 7 nitrogen and oxygen atoms in total. The predicted molar refractivity (Wildman–Crippen MR) is 136 cm³/mol. The summed E-state index contributed by atoms with van der Waals surface area (Å²) in [5.41, 5.74) is 3.77. The largest absolute Gasteiger partial charge is 0.497 e. The van der Waals surface area contributed by atoms with Crippen molar-refractivity contribution in [1.82, 2.24) is 20.4 Å². The Morgan fingerprint density at radius 3 is 2.60 bits per heavy atom. The van der Waals surface area contributed by atoms with E-state index in [0.29, 0.717) is 18.3 Å². The number of thiophene rings is 1. The number of carbonyl (C=O) groups is 1. The van der Waals surface area contributed by atoms with E-state index in [9.17, 15) is 4.79 Å². The number of hydrogen-bond donors (Lipinski definition) is 1. The summed E-state index contributed by atoms with van der Waals surface area (Å²) in [5.74, 6) is 1.69. The lowest BCUT2D eigenvalue weighted by atomic mass is 9.94. The summed E-state index contributed by atoms with van der Waals surface area (Å²) >= 11 is 1.55. The van der Waals surface area contributed by atoms with Crippen molar-refractivity contribution in [3.8, 4) is 16.5 Å². The molecule has 8 heteroatoms. The highest BCUT2D eigenvalue weighted by atomic mass is 32.1. The molecule has 0 radical (unpaired) electrons. The minimum absolute atomic E-state index is 0.141. The van der Waals surface area contributed by atoms with Gasteiger partial charge in [-0.1, -0.05) is 53.7 Å². The van der Waals surface area contributed by atoms with Crippen molar-refractivity contribution in [3.05, 3.63) is 94.8 Å². The molecule has 2 aromatic carbocycles. The molecule has 0 saturated heterocycles. The number of benzene rings is 2. The van der Waals surface area contributed by atoms with E-state index < -0.39 is 6.04 Å². The molecule has 1 aliphatic heterocycles. The Morgan fingerprint density at radius 2 is 1.89 bits per heavy atom. The molecule has 2 amide bonds. The summed E-state index contributed by atoms with van der Waals surface area (Å²) < 4.78 is 11.0. The molecule has 1 unspecified atom stereocenters. The van der Waals surface area contributed by atoms with Gasteiger partial charge in [0.2, 0.25) is 5.82 Å². The van der Waals surface area contributed by atoms with E-state index in [1.54, 1.807) is 23.3 Å². The fourth-order valence-corrected chi connectivity index (χ4v) is 4.95. The number of rotatable bonds is 8. The zero-order chi connectivity index (χ0) is 24.2. The number of amides is 2. The molecule has 35 heavy (non-hydrogen) atoms. The Balaban J connectivity index is 1.48. The third-order valence-corrected chi connectivity index (χ3v) is 7.00. The summed E-state index contributed by atoms with van der Waals surface area (Å²) in [6.07, 6.45) is 1.72. The van der Waals surface area contributed by atoms with Crippen LogP contribution in [0, 0.1) is 0 Å². The van der Waals surface area contributed by atoms with Crippen LogP contribution in [0.5, 0.6) is 5.75 Å². The van der Waals surface area contributed by atoms with Crippen LogP contribution >= 0.6 is 11.3 Å². The number of nitrogens with one attached hydrogen (secondary N) is 1. The molecule has 178 valence electrons. The van der Waals surface area contributed by atoms with Crippen LogP contribution < -0.4 is 10.1 Å². The fourth-order valence-electron chi connectivity index (χ4n) is 4.30. The van der Waals surface area contributed by atoms with Crippen molar-refractivity contribution >= 4 is 22.9 Å². The molecule has 1 atom stereocenters. The zero-order valence-electron chi connectivity index (χ0n) is 19.6. The van der Waals surface area contributed by atoms with Gasteiger partial charge in [-0.15, -0.1) is 11.3 Å². The minimum Gasteiger partial charge on any atom is -0.497 e. The Morgan fingerprint density at radius 1 is 1.09 bits per heavy atom. The first-order valence-corrected chi connectivity index (χ1v) is 12.4. The smallest absolute Gasteiger partial charge is 0.322 e. The molecule has 0 fully saturated rings. The average Bonchev–Trinajstić information content (AvgIpc) is 3.59. The van der Waals surface area contributed by atoms with Gasteiger partial charge in [0.15, 0.2) is 0 Å². The lowest BCUT2D eigenvalue weighted by Crippen LogP contribution is -2.46. The highest BCUT2D eigenvalue weighted by molar-refractivity contribution is 7.13. The molecular weight excluding hydrogens is 460 g/mol. The van der Waals surface area contributed by atoms with E-state index >= 15 is 0 Å². The monoisotopic (exact) mass is 486 g/mol. The Labute approximate surface area is 208 Å². The first-order valence-electron chi connectivity index (χ1n) is 11.5. The SMILES string of the molecule is COc1ccc(C2NC(=O)N(CCCc3ccccc3)C(C)=C2c2nc(-c3cccs3)no2)cc1. The second-order valence-corrected chi connectivity index (χ2v) is 9.24. The molecule has 5 rings (SSSR count). The van der Waals surface area contributed by atoms with Crippen molar-refractivity contribution < 1.29 is 14.1 Å². The maximum absolute atomic E-state index is 13.2. The number of methoxy groups -OCH3 is 1. The van der Waals surface area contributed by atoms with Gasteiger partial charge in [0.1, 0.15) is 5.75 Å². The van der Waals surface area contributed by atoms with Crippen LogP contribution in [-0.2, 0) is 6.42 Å². The topological polar surface area (TPSA) is 80.5 Å². The summed E-state index contributed by atoms with van der Waals surface area (Å²) in [4.78, 5) is 20.6. The number of nitrogens with zero attached hydrogens (tertiary/aromatic N) is 3. The van der Waals surface area contributed by atoms with Crippen molar-refractivity contribution in [2.24, 2.45) is 0 Å². The Bertz CT molecular complexity index is 1310. The van der Waals surface area contributed by atoms with Gasteiger partial charge in [0, 0.05) is 12.2 Å². The number of aryl methyl sites for hydroxylation is 1. The molecule has 1 N–H and O–H groups in total. The van der Waals surface area contributed by atoms with Crippen molar-refractivity contribution in [2.75, 3.05) is 13.7 Å². The molecule has 1 aliphatic rings. The molecular formula is C27H26N4O3S. The van der Waals surface area contributed by atoms with Crippen molar-refractivity contribution in [1.29, 1.82) is 0 Å². The first kappa shape index (κ1) is 22.9. The van der Waals surface area contributed by atoms with Crippen LogP contribution in [0.1, 0.15) is 36.4 Å². The van der Waals surface area contributed by atoms with Crippen LogP contribution in [-0.4, -0.2) is 34.7 Å². The van der Waals surface area contributed by atoms with Gasteiger partial charge in [0.25, 0.3) is 5.89 Å². The van der Waals surface area contributed by atoms with Gasteiger partial charge >= 0.3 is 6.03 Å². The van der Waals surface area contributed by atoms with Crippen LogP contribution in [0.15, 0.2) is 82.3 Å². The molecule has 3 heterocycles. The van der Waals surface area contributed by atoms with E-state index in [1.807, 2.05) is 66.9 Å². The van der Waals surface area contributed by atoms with Crippen LogP contribution in [0.2, 0.25) is 0 Å². The first-order chi connectivity index (χ1) is 17.1. The van der Waals surface area contributed by atoms with E-state index in [0.717, 1.165) is 40.3 Å². The molecule has 4 aromatic rings. The van der Waals surface area contributed by atoms with Crippen LogP contribution in [0.4, 0.5) is 4.79 Å². The summed E-state index contributed by atoms with van der Waals surface area (Å²) in [6, 6.07) is 21.3. The molecule has 0 saturated carbocycles. The molecule has 0 spiro atoms. The zero-order valence-corrected chi connectivity index (χ0v) is 20.4. The number of hydrogen-bond acceptors (Lipinski definition) is 6. The highest BCUT2D eigenvalue weighted by Gasteiger charge is 2.35. The van der Waals surface area contributed by atoms with E-state index in [-0.39, 0.29) is 6.03 Å². The van der Waals surface area contributed by atoms with Gasteiger partial charge in [-0.3, -0.25) is 4.90 Å². The minimum atomic E-state index is -0.421. The van der Waals surface area contributed by atoms with Crippen LogP contribution in [0.3, 0.4) is 0 Å². The normalized spacial score (nSPS) is 15.9. The molecule has 0 aliphatic carbocycles. The molecule has 0 bridgehead atoms. The lowest BCUT2D eigenvalue weighted by molar-refractivity contribution is 0.204. The number of ether oxygens (including phenoxy) is 1. The Kier molecular flexibility index (Phi) is 6.63. The van der Waals surface area contributed by atoms with Crippen LogP contribution in [0.25, 0.3) is 16.3 Å². The number of carbonyl (C=O) groups excluding carboxylic acids is 1. The standard InChI is InChI=1S/C27H26N4O3S/c1-18-23(26-29-25(30-34-26)22-11-7-17-35-22)24(20-12-14-21(33-2)15-13-20)28-27(32)31(18)16-6-10-19-8-4-3-5-9-19/h3-5,7-9,11-15,17,24H,6,10,16H2,1-2H3,(H,28,32). The van der Waals surface area contributed by atoms with E-state index in [1.165, 1.54) is 5.56 Å². The van der Waals surface area contributed by atoms with E-state index in [4.69, 9.17) is 14.2 Å². The fraction of sp³-hybridized carbons (Fsp3) is 0.222. The summed E-state index contributed by atoms with van der Waals surface area (Å²) in [5, 5.41) is 9.34. The second kappa shape index (κ2) is 10.1. The number of allylic oxidation sites excluding steroid dienone is 1. The Hall–Kier alpha value is -3.91. The number of urea groups is 1. The summed E-state index contributed by atoms with van der Waals surface area (Å²) in [6.45, 7) is 2.53. The van der Waals surface area contributed by atoms with Gasteiger partial charge in [-0.25, -0.2) is 4.79 Å². The van der Waals surface area contributed by atoms with E-state index in [2.05, 4.69) is 22.6 Å². The third-order valence-electron chi connectivity index (χ3n) is 6.13. The van der Waals surface area contributed by atoms with Gasteiger partial charge in [-0.2, -0.15) is 4.98 Å². The maximum atomic E-state index is 13.2. The predicted octanol–water partition coefficient (Wildman–Crippen LogP) is 5.94. The lowest BCUT2D eigenvalue weighted by Gasteiger charge is -2.35.